The Labute approximate surface area is 117 Å². The fourth-order valence-corrected chi connectivity index (χ4v) is 2.35. The van der Waals surface area contributed by atoms with Gasteiger partial charge in [-0.15, -0.1) is 11.3 Å². The Morgan fingerprint density at radius 1 is 1.58 bits per heavy atom. The third kappa shape index (κ3) is 4.96. The van der Waals surface area contributed by atoms with Crippen LogP contribution >= 0.6 is 11.3 Å². The van der Waals surface area contributed by atoms with Gasteiger partial charge in [-0.3, -0.25) is 9.00 Å². The number of hydrogen-bond acceptors (Lipinski definition) is 4. The van der Waals surface area contributed by atoms with Crippen LogP contribution in [0.5, 0.6) is 0 Å². The number of thiophene rings is 1. The first kappa shape index (κ1) is 15.6. The molecule has 1 aromatic rings. The lowest BCUT2D eigenvalue weighted by Crippen LogP contribution is -2.32. The molecule has 1 rings (SSSR count). The first-order valence-electron chi connectivity index (χ1n) is 5.50. The van der Waals surface area contributed by atoms with Crippen molar-refractivity contribution in [3.05, 3.63) is 28.0 Å². The van der Waals surface area contributed by atoms with Crippen molar-refractivity contribution in [2.75, 3.05) is 12.8 Å². The van der Waals surface area contributed by atoms with Crippen molar-refractivity contribution >= 4 is 40.1 Å². The number of nitrogens with one attached hydrogen (secondary N) is 1. The van der Waals surface area contributed by atoms with Gasteiger partial charge in [-0.25, -0.2) is 4.79 Å². The topological polar surface area (TPSA) is 83.5 Å². The lowest BCUT2D eigenvalue weighted by molar-refractivity contribution is -0.131. The highest BCUT2D eigenvalue weighted by molar-refractivity contribution is 7.84. The summed E-state index contributed by atoms with van der Waals surface area (Å²) >= 11 is 1.24. The number of rotatable bonds is 6. The molecule has 1 aromatic heterocycles. The predicted octanol–water partition coefficient (Wildman–Crippen LogP) is 1.34. The summed E-state index contributed by atoms with van der Waals surface area (Å²) in [5.41, 5.74) is 0.565. The van der Waals surface area contributed by atoms with Gasteiger partial charge in [-0.05, 0) is 30.0 Å². The molecule has 19 heavy (non-hydrogen) atoms. The van der Waals surface area contributed by atoms with Gasteiger partial charge in [0.05, 0.1) is 4.88 Å². The van der Waals surface area contributed by atoms with Gasteiger partial charge in [-0.1, -0.05) is 0 Å². The molecular weight excluding hydrogens is 286 g/mol. The zero-order valence-corrected chi connectivity index (χ0v) is 12.2. The largest absolute Gasteiger partial charge is 0.478 e. The van der Waals surface area contributed by atoms with Crippen LogP contribution in [0, 0.1) is 0 Å². The van der Waals surface area contributed by atoms with Crippen LogP contribution in [0.4, 0.5) is 0 Å². The average Bonchev–Trinajstić information content (AvgIpc) is 2.81. The second kappa shape index (κ2) is 7.20. The predicted molar refractivity (Wildman–Crippen MR) is 76.9 cm³/mol. The van der Waals surface area contributed by atoms with E-state index in [-0.39, 0.29) is 11.2 Å². The van der Waals surface area contributed by atoms with Crippen LogP contribution in [0.3, 0.4) is 0 Å². The summed E-state index contributed by atoms with van der Waals surface area (Å²) in [5, 5.41) is 12.8. The molecule has 2 unspecified atom stereocenters. The Balaban J connectivity index is 2.70. The number of carboxylic acid groups (broad SMARTS) is 1. The van der Waals surface area contributed by atoms with Crippen LogP contribution in [0.1, 0.15) is 22.2 Å². The Hall–Kier alpha value is -1.47. The van der Waals surface area contributed by atoms with E-state index in [4.69, 9.17) is 5.11 Å². The van der Waals surface area contributed by atoms with Crippen LogP contribution in [0.2, 0.25) is 0 Å². The minimum absolute atomic E-state index is 0.123. The first-order valence-corrected chi connectivity index (χ1v) is 8.01. The van der Waals surface area contributed by atoms with Crippen molar-refractivity contribution in [2.45, 2.75) is 12.2 Å². The molecule has 104 valence electrons. The summed E-state index contributed by atoms with van der Waals surface area (Å²) in [6, 6.07) is 1.68. The Bertz CT molecular complexity index is 522. The zero-order chi connectivity index (χ0) is 14.4. The molecule has 0 aliphatic heterocycles. The maximum absolute atomic E-state index is 11.9. The normalized spacial score (nSPS) is 14.2. The molecule has 0 aliphatic rings. The van der Waals surface area contributed by atoms with E-state index >= 15 is 0 Å². The van der Waals surface area contributed by atoms with Crippen LogP contribution in [0.25, 0.3) is 6.08 Å². The van der Waals surface area contributed by atoms with Crippen molar-refractivity contribution in [3.8, 4) is 0 Å². The van der Waals surface area contributed by atoms with E-state index in [0.29, 0.717) is 17.0 Å². The average molecular weight is 301 g/mol. The van der Waals surface area contributed by atoms with E-state index in [1.807, 2.05) is 0 Å². The lowest BCUT2D eigenvalue weighted by atomic mass is 10.2. The van der Waals surface area contributed by atoms with Gasteiger partial charge in [-0.2, -0.15) is 0 Å². The zero-order valence-electron chi connectivity index (χ0n) is 10.6. The van der Waals surface area contributed by atoms with E-state index < -0.39 is 16.8 Å². The molecule has 0 saturated heterocycles. The monoisotopic (exact) mass is 301 g/mol. The quantitative estimate of drug-likeness (QED) is 0.777. The Kier molecular flexibility index (Phi) is 5.91. The number of carbonyl (C=O) groups excluding carboxylic acids is 1. The van der Waals surface area contributed by atoms with E-state index in [2.05, 4.69) is 5.32 Å². The fraction of sp³-hybridized carbons (Fsp3) is 0.333. The van der Waals surface area contributed by atoms with Crippen molar-refractivity contribution in [2.24, 2.45) is 0 Å². The van der Waals surface area contributed by atoms with Crippen LogP contribution in [0.15, 0.2) is 17.5 Å². The highest BCUT2D eigenvalue weighted by atomic mass is 32.2. The number of hydrogen-bond donors (Lipinski definition) is 2. The third-order valence-corrected chi connectivity index (χ3v) is 4.65. The third-order valence-electron chi connectivity index (χ3n) is 2.42. The molecule has 0 bridgehead atoms. The van der Waals surface area contributed by atoms with Gasteiger partial charge >= 0.3 is 5.97 Å². The second-order valence-corrected chi connectivity index (χ2v) is 6.61. The van der Waals surface area contributed by atoms with Crippen molar-refractivity contribution in [1.29, 1.82) is 0 Å². The molecular formula is C12H15NO4S2. The molecule has 1 heterocycles. The first-order chi connectivity index (χ1) is 8.91. The molecule has 0 saturated carbocycles. The summed E-state index contributed by atoms with van der Waals surface area (Å²) in [6.07, 6.45) is 3.96. The lowest BCUT2D eigenvalue weighted by Gasteiger charge is -2.09. The summed E-state index contributed by atoms with van der Waals surface area (Å²) in [7, 11) is -0.991. The molecule has 0 aromatic carbocycles. The van der Waals surface area contributed by atoms with E-state index in [1.54, 1.807) is 24.6 Å². The second-order valence-electron chi connectivity index (χ2n) is 3.90. The van der Waals surface area contributed by atoms with Gasteiger partial charge in [0.15, 0.2) is 0 Å². The van der Waals surface area contributed by atoms with Crippen molar-refractivity contribution in [1.82, 2.24) is 5.32 Å². The van der Waals surface area contributed by atoms with Gasteiger partial charge in [0.1, 0.15) is 0 Å². The molecule has 2 atom stereocenters. The van der Waals surface area contributed by atoms with Crippen molar-refractivity contribution in [3.63, 3.8) is 0 Å². The highest BCUT2D eigenvalue weighted by Crippen LogP contribution is 2.18. The number of carboxylic acids is 1. The molecule has 7 heteroatoms. The standard InChI is InChI=1S/C12H15NO4S2/c1-8(19(2)17)7-13-12(16)11-9(5-6-18-11)3-4-10(14)15/h3-6,8H,7H2,1-2H3,(H,13,16)(H,14,15)/b4-3+. The molecule has 0 fully saturated rings. The van der Waals surface area contributed by atoms with E-state index in [1.165, 1.54) is 17.4 Å². The Morgan fingerprint density at radius 3 is 2.84 bits per heavy atom. The summed E-state index contributed by atoms with van der Waals surface area (Å²) in [5.74, 6) is -1.34. The SMILES string of the molecule is CC(CNC(=O)c1sccc1/C=C/C(=O)O)S(C)=O. The van der Waals surface area contributed by atoms with Gasteiger partial charge < -0.3 is 10.4 Å². The Morgan fingerprint density at radius 2 is 2.26 bits per heavy atom. The van der Waals surface area contributed by atoms with Gasteiger partial charge in [0.2, 0.25) is 0 Å². The number of amides is 1. The van der Waals surface area contributed by atoms with E-state index in [0.717, 1.165) is 6.08 Å². The van der Waals surface area contributed by atoms with Gasteiger partial charge in [0, 0.05) is 34.9 Å². The van der Waals surface area contributed by atoms with Crippen molar-refractivity contribution < 1.29 is 18.9 Å². The molecule has 2 N–H and O–H groups in total. The number of carbonyl (C=O) groups is 2. The molecule has 1 amide bonds. The minimum atomic E-state index is -1.06. The number of aliphatic carboxylic acids is 1. The van der Waals surface area contributed by atoms with Crippen LogP contribution in [-0.4, -0.2) is 39.2 Å². The summed E-state index contributed by atoms with van der Waals surface area (Å²) in [6.45, 7) is 2.11. The van der Waals surface area contributed by atoms with E-state index in [9.17, 15) is 13.8 Å². The maximum Gasteiger partial charge on any atom is 0.328 e. The van der Waals surface area contributed by atoms with Crippen LogP contribution in [-0.2, 0) is 15.6 Å². The minimum Gasteiger partial charge on any atom is -0.478 e. The summed E-state index contributed by atoms with van der Waals surface area (Å²) < 4.78 is 11.2. The smallest absolute Gasteiger partial charge is 0.328 e. The van der Waals surface area contributed by atoms with Crippen LogP contribution < -0.4 is 5.32 Å². The maximum atomic E-state index is 11.9. The molecule has 0 aliphatic carbocycles. The molecule has 0 spiro atoms. The fourth-order valence-electron chi connectivity index (χ4n) is 1.23. The highest BCUT2D eigenvalue weighted by Gasteiger charge is 2.13. The van der Waals surface area contributed by atoms with Gasteiger partial charge in [0.25, 0.3) is 5.91 Å². The molecule has 0 radical (unpaired) electrons. The molecule has 5 nitrogen and oxygen atoms in total. The summed E-state index contributed by atoms with van der Waals surface area (Å²) in [4.78, 5) is 22.8.